The largest absolute Gasteiger partial charge is 0.370 e. The Balaban J connectivity index is 3.98. The number of rotatable bonds is 7. The quantitative estimate of drug-likeness (QED) is 0.702. The third-order valence-corrected chi connectivity index (χ3v) is 4.29. The van der Waals surface area contributed by atoms with Crippen molar-refractivity contribution in [2.45, 2.75) is 45.3 Å². The van der Waals surface area contributed by atoms with Gasteiger partial charge in [0.1, 0.15) is 0 Å². The molecule has 0 aromatic rings. The van der Waals surface area contributed by atoms with Crippen molar-refractivity contribution in [2.75, 3.05) is 12.3 Å². The number of carbonyl (C=O) groups is 1. The summed E-state index contributed by atoms with van der Waals surface area (Å²) in [7, 11) is 0. The van der Waals surface area contributed by atoms with Crippen LogP contribution < -0.4 is 11.5 Å². The second kappa shape index (κ2) is 5.75. The second-order valence-corrected chi connectivity index (χ2v) is 7.07. The van der Waals surface area contributed by atoms with Crippen LogP contribution >= 0.6 is 11.8 Å². The summed E-state index contributed by atoms with van der Waals surface area (Å²) < 4.78 is 0.0987. The van der Waals surface area contributed by atoms with Gasteiger partial charge in [0.15, 0.2) is 0 Å². The number of nitrogens with two attached hydrogens (primary N) is 2. The second-order valence-electron chi connectivity index (χ2n) is 5.38. The van der Waals surface area contributed by atoms with E-state index in [1.807, 2.05) is 11.8 Å². The van der Waals surface area contributed by atoms with Crippen LogP contribution in [-0.4, -0.2) is 23.0 Å². The minimum atomic E-state index is -0.221. The molecule has 3 nitrogen and oxygen atoms in total. The standard InChI is InChI=1S/C11H24N2OS/c1-10(2,7-12)8-15-11(3,4)6-5-9(13)14/h5-8,12H2,1-4H3,(H2,13,14). The summed E-state index contributed by atoms with van der Waals surface area (Å²) in [6.07, 6.45) is 1.29. The Morgan fingerprint density at radius 3 is 2.20 bits per heavy atom. The van der Waals surface area contributed by atoms with E-state index in [2.05, 4.69) is 27.7 Å². The Labute approximate surface area is 97.4 Å². The summed E-state index contributed by atoms with van der Waals surface area (Å²) in [5, 5.41) is 0. The van der Waals surface area contributed by atoms with Crippen molar-refractivity contribution < 1.29 is 4.79 Å². The van der Waals surface area contributed by atoms with Crippen LogP contribution in [0.15, 0.2) is 0 Å². The highest BCUT2D eigenvalue weighted by Crippen LogP contribution is 2.33. The van der Waals surface area contributed by atoms with Crippen LogP contribution in [0.1, 0.15) is 40.5 Å². The first-order valence-electron chi connectivity index (χ1n) is 5.31. The molecule has 4 N–H and O–H groups in total. The number of primary amides is 1. The van der Waals surface area contributed by atoms with Crippen LogP contribution in [0.3, 0.4) is 0 Å². The van der Waals surface area contributed by atoms with E-state index in [9.17, 15) is 4.79 Å². The van der Waals surface area contributed by atoms with E-state index in [4.69, 9.17) is 11.5 Å². The van der Waals surface area contributed by atoms with Crippen molar-refractivity contribution in [3.8, 4) is 0 Å². The Hall–Kier alpha value is -0.220. The lowest BCUT2D eigenvalue weighted by atomic mass is 9.97. The van der Waals surface area contributed by atoms with E-state index in [1.54, 1.807) is 0 Å². The topological polar surface area (TPSA) is 69.1 Å². The summed E-state index contributed by atoms with van der Waals surface area (Å²) in [6, 6.07) is 0. The molecular weight excluding hydrogens is 208 g/mol. The van der Waals surface area contributed by atoms with Gasteiger partial charge in [0.05, 0.1) is 0 Å². The van der Waals surface area contributed by atoms with Gasteiger partial charge in [-0.2, -0.15) is 11.8 Å². The van der Waals surface area contributed by atoms with Gasteiger partial charge >= 0.3 is 0 Å². The van der Waals surface area contributed by atoms with Gasteiger partial charge in [0.2, 0.25) is 5.91 Å². The van der Waals surface area contributed by atoms with E-state index in [-0.39, 0.29) is 16.1 Å². The van der Waals surface area contributed by atoms with Gasteiger partial charge in [-0.1, -0.05) is 27.7 Å². The molecule has 15 heavy (non-hydrogen) atoms. The van der Waals surface area contributed by atoms with Crippen LogP contribution in [0.4, 0.5) is 0 Å². The highest BCUT2D eigenvalue weighted by molar-refractivity contribution is 8.00. The van der Waals surface area contributed by atoms with Crippen molar-refractivity contribution in [1.82, 2.24) is 0 Å². The van der Waals surface area contributed by atoms with Gasteiger partial charge in [-0.3, -0.25) is 4.79 Å². The van der Waals surface area contributed by atoms with Crippen molar-refractivity contribution >= 4 is 17.7 Å². The first-order chi connectivity index (χ1) is 6.68. The molecule has 0 aliphatic heterocycles. The SMILES string of the molecule is CC(C)(CN)CSC(C)(C)CCC(N)=O. The number of amides is 1. The lowest BCUT2D eigenvalue weighted by Crippen LogP contribution is -2.29. The molecule has 0 fully saturated rings. The third kappa shape index (κ3) is 7.68. The summed E-state index contributed by atoms with van der Waals surface area (Å²) >= 11 is 1.86. The molecule has 0 bridgehead atoms. The minimum absolute atomic E-state index is 0.0987. The molecule has 0 saturated heterocycles. The first kappa shape index (κ1) is 14.8. The fraction of sp³-hybridized carbons (Fsp3) is 0.909. The third-order valence-electron chi connectivity index (χ3n) is 2.38. The zero-order chi connectivity index (χ0) is 12.1. The molecule has 0 saturated carbocycles. The molecule has 90 valence electrons. The number of hydrogen-bond donors (Lipinski definition) is 2. The molecule has 0 aliphatic rings. The Kier molecular flexibility index (Phi) is 5.67. The van der Waals surface area contributed by atoms with E-state index >= 15 is 0 Å². The summed E-state index contributed by atoms with van der Waals surface area (Å²) in [4.78, 5) is 10.7. The first-order valence-corrected chi connectivity index (χ1v) is 6.29. The van der Waals surface area contributed by atoms with Gasteiger partial charge in [0.25, 0.3) is 0 Å². The molecule has 0 aliphatic carbocycles. The lowest BCUT2D eigenvalue weighted by molar-refractivity contribution is -0.118. The normalized spacial score (nSPS) is 12.9. The maximum atomic E-state index is 10.7. The fourth-order valence-electron chi connectivity index (χ4n) is 0.946. The number of carbonyl (C=O) groups excluding carboxylic acids is 1. The molecule has 0 unspecified atom stereocenters. The molecule has 0 heterocycles. The Morgan fingerprint density at radius 2 is 1.80 bits per heavy atom. The van der Waals surface area contributed by atoms with E-state index in [0.717, 1.165) is 12.2 Å². The number of thioether (sulfide) groups is 1. The maximum Gasteiger partial charge on any atom is 0.217 e. The molecular formula is C11H24N2OS. The monoisotopic (exact) mass is 232 g/mol. The summed E-state index contributed by atoms with van der Waals surface area (Å²) in [5.74, 6) is 0.789. The molecule has 0 rings (SSSR count). The van der Waals surface area contributed by atoms with E-state index in [0.29, 0.717) is 13.0 Å². The fourth-order valence-corrected chi connectivity index (χ4v) is 2.09. The highest BCUT2D eigenvalue weighted by Gasteiger charge is 2.24. The Morgan fingerprint density at radius 1 is 1.27 bits per heavy atom. The molecule has 0 aromatic carbocycles. The molecule has 0 radical (unpaired) electrons. The Bertz CT molecular complexity index is 215. The van der Waals surface area contributed by atoms with Gasteiger partial charge in [-0.25, -0.2) is 0 Å². The molecule has 4 heteroatoms. The van der Waals surface area contributed by atoms with Crippen LogP contribution in [0.5, 0.6) is 0 Å². The predicted molar refractivity (Wildman–Crippen MR) is 67.8 cm³/mol. The van der Waals surface area contributed by atoms with E-state index < -0.39 is 0 Å². The summed E-state index contributed by atoms with van der Waals surface area (Å²) in [5.41, 5.74) is 11.0. The van der Waals surface area contributed by atoms with Gasteiger partial charge in [-0.05, 0) is 18.4 Å². The van der Waals surface area contributed by atoms with Crippen molar-refractivity contribution in [1.29, 1.82) is 0 Å². The highest BCUT2D eigenvalue weighted by atomic mass is 32.2. The zero-order valence-electron chi connectivity index (χ0n) is 10.3. The van der Waals surface area contributed by atoms with Gasteiger partial charge < -0.3 is 11.5 Å². The zero-order valence-corrected chi connectivity index (χ0v) is 11.1. The van der Waals surface area contributed by atoms with Crippen molar-refractivity contribution in [3.05, 3.63) is 0 Å². The van der Waals surface area contributed by atoms with Crippen molar-refractivity contribution in [3.63, 3.8) is 0 Å². The average molecular weight is 232 g/mol. The summed E-state index contributed by atoms with van der Waals surface area (Å²) in [6.45, 7) is 9.29. The molecule has 0 aromatic heterocycles. The molecule has 1 amide bonds. The van der Waals surface area contributed by atoms with Crippen LogP contribution in [-0.2, 0) is 4.79 Å². The predicted octanol–water partition coefficient (Wildman–Crippen LogP) is 1.75. The average Bonchev–Trinajstić information content (AvgIpc) is 2.13. The smallest absolute Gasteiger partial charge is 0.217 e. The van der Waals surface area contributed by atoms with Crippen LogP contribution in [0.25, 0.3) is 0 Å². The van der Waals surface area contributed by atoms with Crippen molar-refractivity contribution in [2.24, 2.45) is 16.9 Å². The molecule has 0 spiro atoms. The minimum Gasteiger partial charge on any atom is -0.370 e. The van der Waals surface area contributed by atoms with E-state index in [1.165, 1.54) is 0 Å². The van der Waals surface area contributed by atoms with Crippen LogP contribution in [0.2, 0.25) is 0 Å². The maximum absolute atomic E-state index is 10.7. The molecule has 0 atom stereocenters. The van der Waals surface area contributed by atoms with Crippen LogP contribution in [0, 0.1) is 5.41 Å². The lowest BCUT2D eigenvalue weighted by Gasteiger charge is -2.29. The van der Waals surface area contributed by atoms with Gasteiger partial charge in [0, 0.05) is 16.9 Å². The van der Waals surface area contributed by atoms with Gasteiger partial charge in [-0.15, -0.1) is 0 Å². The number of hydrogen-bond acceptors (Lipinski definition) is 3.